The Hall–Kier alpha value is -5.83. The molecule has 0 atom stereocenters. The van der Waals surface area contributed by atoms with Gasteiger partial charge in [-0.1, -0.05) is 171 Å². The molecule has 9 aromatic rings. The molecule has 2 aromatic heterocycles. The van der Waals surface area contributed by atoms with Crippen LogP contribution in [0.15, 0.2) is 138 Å². The van der Waals surface area contributed by atoms with Crippen molar-refractivity contribution in [2.75, 3.05) is 0 Å². The molecule has 0 aliphatic carbocycles. The Morgan fingerprint density at radius 2 is 1.19 bits per heavy atom. The number of fused-ring (bicyclic) bond motifs is 3. The number of phenols is 1. The molecule has 4 nitrogen and oxygen atoms in total. The Morgan fingerprint density at radius 3 is 1.89 bits per heavy atom. The number of aryl methyl sites for hydroxylation is 1. The number of benzene rings is 7. The standard InChI is InChI=1S/C57H53N2O2.Pt/c1-34-27-37(29-38(28-34)46-33-48(57(8,9)10)51(44-19-14-26-58-52(44)46)36-20-22-40(23-21-36)55(2,3)4)45-30-39(43-18-13-16-35-15-11-12-17-42(35)43)31-50-53(45)59-54(61-50)47-32-41(56(5,6)7)24-25-49(47)60;/h11-28,30-33,60H,1-10H3;/q-1;. The average Bonchev–Trinajstić information content (AvgIpc) is 3.65. The van der Waals surface area contributed by atoms with Gasteiger partial charge in [0.25, 0.3) is 0 Å². The quantitative estimate of drug-likeness (QED) is 0.175. The minimum atomic E-state index is -0.171. The molecule has 1 N–H and O–H groups in total. The molecule has 314 valence electrons. The summed E-state index contributed by atoms with van der Waals surface area (Å²) in [5, 5.41) is 14.6. The van der Waals surface area contributed by atoms with Crippen LogP contribution in [0.2, 0.25) is 0 Å². The molecule has 0 saturated heterocycles. The Bertz CT molecular complexity index is 3150. The fraction of sp³-hybridized carbons (Fsp3) is 0.228. The van der Waals surface area contributed by atoms with Crippen LogP contribution in [0.1, 0.15) is 84.6 Å². The van der Waals surface area contributed by atoms with Gasteiger partial charge in [0.05, 0.1) is 11.1 Å². The van der Waals surface area contributed by atoms with E-state index in [1.165, 1.54) is 22.3 Å². The largest absolute Gasteiger partial charge is 0.507 e. The van der Waals surface area contributed by atoms with Crippen LogP contribution in [-0.4, -0.2) is 15.1 Å². The van der Waals surface area contributed by atoms with Crippen molar-refractivity contribution in [3.8, 4) is 61.7 Å². The van der Waals surface area contributed by atoms with Crippen molar-refractivity contribution >= 4 is 32.8 Å². The Balaban J connectivity index is 0.00000529. The number of rotatable bonds is 5. The maximum Gasteiger partial charge on any atom is 0.230 e. The minimum absolute atomic E-state index is 0. The molecule has 0 unspecified atom stereocenters. The van der Waals surface area contributed by atoms with Crippen molar-refractivity contribution in [1.29, 1.82) is 0 Å². The van der Waals surface area contributed by atoms with Gasteiger partial charge in [0.1, 0.15) is 11.3 Å². The van der Waals surface area contributed by atoms with Crippen LogP contribution < -0.4 is 0 Å². The van der Waals surface area contributed by atoms with Crippen LogP contribution in [0, 0.1) is 13.0 Å². The summed E-state index contributed by atoms with van der Waals surface area (Å²) >= 11 is 0. The third-order valence-electron chi connectivity index (χ3n) is 12.0. The molecular formula is C57H53N2O2Pt-. The second-order valence-corrected chi connectivity index (χ2v) is 19.7. The summed E-state index contributed by atoms with van der Waals surface area (Å²) in [5.41, 5.74) is 15.6. The molecule has 0 aliphatic heterocycles. The number of hydrogen-bond acceptors (Lipinski definition) is 4. The number of hydrogen-bond donors (Lipinski definition) is 1. The van der Waals surface area contributed by atoms with Gasteiger partial charge < -0.3 is 9.52 Å². The first-order valence-corrected chi connectivity index (χ1v) is 21.3. The zero-order valence-electron chi connectivity index (χ0n) is 37.3. The van der Waals surface area contributed by atoms with E-state index in [1.807, 2.05) is 24.4 Å². The summed E-state index contributed by atoms with van der Waals surface area (Å²) in [5.74, 6) is 0.501. The molecule has 9 rings (SSSR count). The number of phenolic OH excluding ortho intramolecular Hbond substituents is 1. The third-order valence-corrected chi connectivity index (χ3v) is 12.0. The van der Waals surface area contributed by atoms with E-state index < -0.39 is 0 Å². The smallest absolute Gasteiger partial charge is 0.230 e. The summed E-state index contributed by atoms with van der Waals surface area (Å²) in [4.78, 5) is 10.3. The predicted octanol–water partition coefficient (Wildman–Crippen LogP) is 15.6. The number of pyridine rings is 1. The molecule has 2 heterocycles. The van der Waals surface area contributed by atoms with Crippen molar-refractivity contribution in [3.63, 3.8) is 0 Å². The predicted molar refractivity (Wildman–Crippen MR) is 255 cm³/mol. The minimum Gasteiger partial charge on any atom is -0.507 e. The van der Waals surface area contributed by atoms with Gasteiger partial charge in [-0.25, -0.2) is 4.98 Å². The molecule has 0 saturated carbocycles. The van der Waals surface area contributed by atoms with Gasteiger partial charge >= 0.3 is 0 Å². The number of oxazole rings is 1. The maximum absolute atomic E-state index is 11.2. The van der Waals surface area contributed by atoms with E-state index in [1.54, 1.807) is 6.07 Å². The first-order valence-electron chi connectivity index (χ1n) is 21.3. The van der Waals surface area contributed by atoms with Gasteiger partial charge in [-0.2, -0.15) is 0 Å². The van der Waals surface area contributed by atoms with Gasteiger partial charge in [-0.15, -0.1) is 34.9 Å². The van der Waals surface area contributed by atoms with E-state index in [-0.39, 0.29) is 43.1 Å². The summed E-state index contributed by atoms with van der Waals surface area (Å²) in [7, 11) is 0. The number of nitrogens with zero attached hydrogens (tertiary/aromatic N) is 2. The summed E-state index contributed by atoms with van der Waals surface area (Å²) < 4.78 is 6.68. The molecule has 0 amide bonds. The average molecular weight is 993 g/mol. The van der Waals surface area contributed by atoms with E-state index in [9.17, 15) is 5.11 Å². The van der Waals surface area contributed by atoms with Crippen molar-refractivity contribution in [1.82, 2.24) is 9.97 Å². The zero-order chi connectivity index (χ0) is 43.0. The SMILES string of the molecule is Cc1cc(-c2cc(-c3cccc4ccccc34)cc3oc(-c4cc(C(C)(C)C)ccc4O)nc23)[c-]c(-c2cc(C(C)(C)C)c(-c3ccc(C(C)(C)C)cc3)c3cccnc23)c1.[Pt]. The van der Waals surface area contributed by atoms with Crippen molar-refractivity contribution in [3.05, 3.63) is 162 Å². The van der Waals surface area contributed by atoms with Crippen molar-refractivity contribution in [2.45, 2.75) is 85.5 Å². The van der Waals surface area contributed by atoms with Gasteiger partial charge in [0, 0.05) is 38.2 Å². The van der Waals surface area contributed by atoms with Crippen LogP contribution in [0.3, 0.4) is 0 Å². The second-order valence-electron chi connectivity index (χ2n) is 19.7. The Morgan fingerprint density at radius 1 is 0.548 bits per heavy atom. The Kier molecular flexibility index (Phi) is 10.9. The first-order chi connectivity index (χ1) is 28.9. The van der Waals surface area contributed by atoms with Crippen LogP contribution >= 0.6 is 0 Å². The van der Waals surface area contributed by atoms with Gasteiger partial charge in [-0.05, 0) is 90.2 Å². The van der Waals surface area contributed by atoms with Gasteiger partial charge in [-0.3, -0.25) is 4.98 Å². The van der Waals surface area contributed by atoms with Crippen LogP contribution in [0.5, 0.6) is 5.75 Å². The zero-order valence-corrected chi connectivity index (χ0v) is 39.5. The molecule has 0 aliphatic rings. The van der Waals surface area contributed by atoms with Crippen LogP contribution in [0.25, 0.3) is 88.7 Å². The van der Waals surface area contributed by atoms with E-state index in [0.29, 0.717) is 22.6 Å². The molecule has 5 heteroatoms. The van der Waals surface area contributed by atoms with E-state index in [4.69, 9.17) is 14.4 Å². The number of aromatic hydroxyl groups is 1. The fourth-order valence-electron chi connectivity index (χ4n) is 8.66. The summed E-state index contributed by atoms with van der Waals surface area (Å²) in [6.07, 6.45) is 1.89. The fourth-order valence-corrected chi connectivity index (χ4v) is 8.66. The van der Waals surface area contributed by atoms with E-state index in [2.05, 4.69) is 178 Å². The third kappa shape index (κ3) is 7.91. The molecule has 0 bridgehead atoms. The Labute approximate surface area is 380 Å². The van der Waals surface area contributed by atoms with Crippen molar-refractivity contribution in [2.24, 2.45) is 0 Å². The van der Waals surface area contributed by atoms with Gasteiger partial charge in [0.15, 0.2) is 0 Å². The van der Waals surface area contributed by atoms with Gasteiger partial charge in [0.2, 0.25) is 5.89 Å². The normalized spacial score (nSPS) is 12.3. The molecule has 62 heavy (non-hydrogen) atoms. The summed E-state index contributed by atoms with van der Waals surface area (Å²) in [6.45, 7) is 22.3. The first kappa shape index (κ1) is 42.8. The van der Waals surface area contributed by atoms with Crippen LogP contribution in [0.4, 0.5) is 0 Å². The van der Waals surface area contributed by atoms with E-state index >= 15 is 0 Å². The second kappa shape index (κ2) is 15.8. The molecule has 0 spiro atoms. The molecular weight excluding hydrogens is 940 g/mol. The maximum atomic E-state index is 11.2. The van der Waals surface area contributed by atoms with E-state index in [0.717, 1.165) is 66.2 Å². The topological polar surface area (TPSA) is 59.2 Å². The summed E-state index contributed by atoms with van der Waals surface area (Å²) in [6, 6.07) is 48.9. The molecule has 7 aromatic carbocycles. The molecule has 0 fully saturated rings. The monoisotopic (exact) mass is 992 g/mol. The molecule has 0 radical (unpaired) electrons. The van der Waals surface area contributed by atoms with Crippen LogP contribution in [-0.2, 0) is 37.3 Å². The van der Waals surface area contributed by atoms with Crippen molar-refractivity contribution < 1.29 is 30.6 Å². The number of aromatic nitrogens is 2.